The van der Waals surface area contributed by atoms with E-state index in [2.05, 4.69) is 11.0 Å². The molecule has 0 aromatic heterocycles. The van der Waals surface area contributed by atoms with Crippen molar-refractivity contribution in [3.05, 3.63) is 23.8 Å². The van der Waals surface area contributed by atoms with Crippen LogP contribution in [0.5, 0.6) is 11.5 Å². The number of benzene rings is 1. The van der Waals surface area contributed by atoms with Gasteiger partial charge in [-0.2, -0.15) is 5.26 Å². The molecule has 1 heterocycles. The van der Waals surface area contributed by atoms with E-state index < -0.39 is 5.60 Å². The Bertz CT molecular complexity index is 628. The summed E-state index contributed by atoms with van der Waals surface area (Å²) in [6.45, 7) is 1.13. The average molecular weight is 330 g/mol. The van der Waals surface area contributed by atoms with Crippen molar-refractivity contribution in [2.45, 2.75) is 43.7 Å². The van der Waals surface area contributed by atoms with Crippen molar-refractivity contribution in [2.24, 2.45) is 5.92 Å². The summed E-state index contributed by atoms with van der Waals surface area (Å²) >= 11 is 0. The van der Waals surface area contributed by atoms with Gasteiger partial charge in [-0.1, -0.05) is 18.9 Å². The molecule has 24 heavy (non-hydrogen) atoms. The smallest absolute Gasteiger partial charge is 0.161 e. The van der Waals surface area contributed by atoms with Crippen LogP contribution < -0.4 is 9.47 Å². The predicted octanol–water partition coefficient (Wildman–Crippen LogP) is 2.90. The molecule has 0 unspecified atom stereocenters. The zero-order valence-electron chi connectivity index (χ0n) is 14.5. The minimum absolute atomic E-state index is 0.0449. The number of nitriles is 1. The Balaban J connectivity index is 2.00. The van der Waals surface area contributed by atoms with Gasteiger partial charge >= 0.3 is 0 Å². The molecule has 0 bridgehead atoms. The van der Waals surface area contributed by atoms with E-state index in [0.717, 1.165) is 44.2 Å². The summed E-state index contributed by atoms with van der Waals surface area (Å²) in [6.07, 6.45) is 4.84. The van der Waals surface area contributed by atoms with E-state index in [9.17, 15) is 10.4 Å². The molecule has 0 spiro atoms. The molecule has 0 amide bonds. The van der Waals surface area contributed by atoms with Crippen LogP contribution >= 0.6 is 0 Å². The molecule has 130 valence electrons. The van der Waals surface area contributed by atoms with Gasteiger partial charge < -0.3 is 14.6 Å². The van der Waals surface area contributed by atoms with E-state index >= 15 is 0 Å². The molecule has 1 aliphatic heterocycles. The van der Waals surface area contributed by atoms with Gasteiger partial charge in [-0.15, -0.1) is 0 Å². The van der Waals surface area contributed by atoms with Gasteiger partial charge in [0.15, 0.2) is 11.5 Å². The van der Waals surface area contributed by atoms with Gasteiger partial charge in [0.25, 0.3) is 0 Å². The molecule has 5 nitrogen and oxygen atoms in total. The Morgan fingerprint density at radius 1 is 1.25 bits per heavy atom. The number of likely N-dealkylation sites (tertiary alicyclic amines) is 1. The van der Waals surface area contributed by atoms with Crippen LogP contribution in [0.2, 0.25) is 0 Å². The number of rotatable bonds is 4. The molecule has 1 aromatic carbocycles. The minimum atomic E-state index is -0.609. The van der Waals surface area contributed by atoms with Crippen LogP contribution in [0.15, 0.2) is 18.2 Å². The lowest BCUT2D eigenvalue weighted by Gasteiger charge is -2.52. The second-order valence-corrected chi connectivity index (χ2v) is 6.89. The lowest BCUT2D eigenvalue weighted by Crippen LogP contribution is -2.54. The largest absolute Gasteiger partial charge is 0.493 e. The molecule has 2 aliphatic rings. The third kappa shape index (κ3) is 2.97. The summed E-state index contributed by atoms with van der Waals surface area (Å²) in [5.74, 6) is 1.55. The van der Waals surface area contributed by atoms with Crippen molar-refractivity contribution < 1.29 is 14.6 Å². The summed E-state index contributed by atoms with van der Waals surface area (Å²) in [4.78, 5) is 2.20. The Hall–Kier alpha value is -1.77. The summed E-state index contributed by atoms with van der Waals surface area (Å²) in [5, 5.41) is 20.4. The van der Waals surface area contributed by atoms with Gasteiger partial charge in [0.1, 0.15) is 0 Å². The van der Waals surface area contributed by atoms with Crippen molar-refractivity contribution in [1.29, 1.82) is 5.26 Å². The van der Waals surface area contributed by atoms with E-state index in [1.165, 1.54) is 0 Å². The molecule has 1 saturated heterocycles. The molecule has 1 saturated carbocycles. The number of hydrogen-bond donors (Lipinski definition) is 1. The first-order valence-corrected chi connectivity index (χ1v) is 8.68. The highest BCUT2D eigenvalue weighted by Gasteiger charge is 2.48. The second kappa shape index (κ2) is 7.00. The van der Waals surface area contributed by atoms with Gasteiger partial charge in [0.05, 0.1) is 32.4 Å². The quantitative estimate of drug-likeness (QED) is 0.860. The monoisotopic (exact) mass is 330 g/mol. The van der Waals surface area contributed by atoms with E-state index in [1.54, 1.807) is 14.2 Å². The Kier molecular flexibility index (Phi) is 4.98. The highest BCUT2D eigenvalue weighted by molar-refractivity contribution is 5.44. The van der Waals surface area contributed by atoms with Crippen molar-refractivity contribution in [2.75, 3.05) is 27.3 Å². The maximum absolute atomic E-state index is 11.2. The number of ether oxygens (including phenoxy) is 2. The fourth-order valence-corrected chi connectivity index (χ4v) is 4.49. The summed E-state index contributed by atoms with van der Waals surface area (Å²) in [6, 6.07) is 8.27. The van der Waals surface area contributed by atoms with Crippen molar-refractivity contribution in [3.8, 4) is 17.6 Å². The van der Waals surface area contributed by atoms with E-state index in [1.807, 2.05) is 18.2 Å². The Morgan fingerprint density at radius 3 is 2.75 bits per heavy atom. The van der Waals surface area contributed by atoms with Crippen molar-refractivity contribution in [1.82, 2.24) is 4.90 Å². The number of hydrogen-bond acceptors (Lipinski definition) is 5. The Labute approximate surface area is 143 Å². The first-order chi connectivity index (χ1) is 11.6. The van der Waals surface area contributed by atoms with E-state index in [4.69, 9.17) is 9.47 Å². The number of nitrogens with zero attached hydrogens (tertiary/aromatic N) is 2. The van der Waals surface area contributed by atoms with Gasteiger partial charge in [-0.3, -0.25) is 4.90 Å². The highest BCUT2D eigenvalue weighted by Crippen LogP contribution is 2.49. The van der Waals surface area contributed by atoms with Crippen molar-refractivity contribution >= 4 is 0 Å². The fourth-order valence-electron chi connectivity index (χ4n) is 4.49. The van der Waals surface area contributed by atoms with Gasteiger partial charge in [-0.25, -0.2) is 0 Å². The molecule has 3 atom stereocenters. The summed E-state index contributed by atoms with van der Waals surface area (Å²) in [5.41, 5.74) is 0.482. The Morgan fingerprint density at radius 2 is 2.04 bits per heavy atom. The lowest BCUT2D eigenvalue weighted by molar-refractivity contribution is -0.121. The van der Waals surface area contributed by atoms with Crippen LogP contribution in [0.3, 0.4) is 0 Å². The maximum atomic E-state index is 11.2. The highest BCUT2D eigenvalue weighted by atomic mass is 16.5. The van der Waals surface area contributed by atoms with Crippen LogP contribution in [0.4, 0.5) is 0 Å². The van der Waals surface area contributed by atoms with Crippen LogP contribution in [-0.2, 0) is 0 Å². The van der Waals surface area contributed by atoms with Gasteiger partial charge in [0, 0.05) is 18.5 Å². The molecule has 1 aliphatic carbocycles. The standard InChI is InChI=1S/C19H26N2O3/c1-23-16-7-6-14(13-17(16)24-2)18-15-5-3-4-8-19(15,22)9-11-21(18)12-10-20/h6-7,13,15,18,22H,3-5,8-9,11-12H2,1-2H3/t15-,18-,19-/m1/s1. The van der Waals surface area contributed by atoms with Crippen LogP contribution in [0, 0.1) is 17.2 Å². The first-order valence-electron chi connectivity index (χ1n) is 8.68. The molecule has 3 rings (SSSR count). The molecule has 0 radical (unpaired) electrons. The molecule has 2 fully saturated rings. The maximum Gasteiger partial charge on any atom is 0.161 e. The first kappa shape index (κ1) is 17.1. The third-order valence-electron chi connectivity index (χ3n) is 5.69. The zero-order valence-corrected chi connectivity index (χ0v) is 14.5. The van der Waals surface area contributed by atoms with Gasteiger partial charge in [0.2, 0.25) is 0 Å². The molecule has 1 N–H and O–H groups in total. The topological polar surface area (TPSA) is 65.7 Å². The van der Waals surface area contributed by atoms with Crippen LogP contribution in [0.1, 0.15) is 43.7 Å². The second-order valence-electron chi connectivity index (χ2n) is 6.89. The van der Waals surface area contributed by atoms with Crippen LogP contribution in [0.25, 0.3) is 0 Å². The molecular formula is C19H26N2O3. The number of methoxy groups -OCH3 is 2. The number of aliphatic hydroxyl groups is 1. The molecular weight excluding hydrogens is 304 g/mol. The van der Waals surface area contributed by atoms with E-state index in [-0.39, 0.29) is 12.0 Å². The number of piperidine rings is 1. The fraction of sp³-hybridized carbons (Fsp3) is 0.632. The third-order valence-corrected chi connectivity index (χ3v) is 5.69. The summed E-state index contributed by atoms with van der Waals surface area (Å²) < 4.78 is 10.8. The van der Waals surface area contributed by atoms with Crippen LogP contribution in [-0.4, -0.2) is 42.9 Å². The summed E-state index contributed by atoms with van der Waals surface area (Å²) in [7, 11) is 3.26. The average Bonchev–Trinajstić information content (AvgIpc) is 2.61. The molecule has 1 aromatic rings. The van der Waals surface area contributed by atoms with Gasteiger partial charge in [-0.05, 0) is 37.0 Å². The van der Waals surface area contributed by atoms with E-state index in [0.29, 0.717) is 18.0 Å². The predicted molar refractivity (Wildman–Crippen MR) is 91.0 cm³/mol. The molecule has 5 heteroatoms. The normalized spacial score (nSPS) is 30.2. The minimum Gasteiger partial charge on any atom is -0.493 e. The zero-order chi connectivity index (χ0) is 17.2. The number of fused-ring (bicyclic) bond motifs is 1. The SMILES string of the molecule is COc1ccc([C@@H]2[C@H]3CCCC[C@@]3(O)CCN2CC#N)cc1OC. The lowest BCUT2D eigenvalue weighted by atomic mass is 9.66. The van der Waals surface area contributed by atoms with Crippen molar-refractivity contribution in [3.63, 3.8) is 0 Å².